The van der Waals surface area contributed by atoms with Crippen molar-refractivity contribution in [3.05, 3.63) is 39.8 Å². The molecule has 1 aromatic carbocycles. The number of nitrogens with zero attached hydrogens (tertiary/aromatic N) is 1. The van der Waals surface area contributed by atoms with Crippen molar-refractivity contribution in [1.29, 1.82) is 0 Å². The zero-order chi connectivity index (χ0) is 10.8. The monoisotopic (exact) mass is 206 g/mol. The van der Waals surface area contributed by atoms with Gasteiger partial charge in [-0.2, -0.15) is 0 Å². The van der Waals surface area contributed by atoms with Gasteiger partial charge in [-0.25, -0.2) is 4.98 Å². The Balaban J connectivity index is 2.65. The zero-order valence-electron chi connectivity index (χ0n) is 8.38. The van der Waals surface area contributed by atoms with Crippen LogP contribution in [0.1, 0.15) is 11.3 Å². The number of hydrogen-bond acceptors (Lipinski definition) is 2. The highest BCUT2D eigenvalue weighted by molar-refractivity contribution is 5.74. The molecule has 0 aliphatic carbocycles. The Morgan fingerprint density at radius 2 is 2.27 bits per heavy atom. The number of aromatic amines is 1. The molecule has 1 heterocycles. The second-order valence-electron chi connectivity index (χ2n) is 3.47. The van der Waals surface area contributed by atoms with Crippen molar-refractivity contribution in [3.8, 4) is 0 Å². The third kappa shape index (κ3) is 1.88. The number of rotatable bonds is 2. The number of nitrogens with one attached hydrogen (secondary N) is 1. The highest BCUT2D eigenvalue weighted by Gasteiger charge is 2.04. The van der Waals surface area contributed by atoms with Crippen molar-refractivity contribution in [3.63, 3.8) is 0 Å². The quantitative estimate of drug-likeness (QED) is 0.813. The molecule has 0 fully saturated rings. The maximum absolute atomic E-state index is 12.1. The van der Waals surface area contributed by atoms with Crippen LogP contribution in [0.4, 0.5) is 4.39 Å². The number of H-pyrrole nitrogens is 1. The Morgan fingerprint density at radius 3 is 3.00 bits per heavy atom. The van der Waals surface area contributed by atoms with Crippen LogP contribution in [0.5, 0.6) is 0 Å². The van der Waals surface area contributed by atoms with E-state index < -0.39 is 6.67 Å². The van der Waals surface area contributed by atoms with Crippen LogP contribution in [0.3, 0.4) is 0 Å². The Morgan fingerprint density at radius 1 is 1.47 bits per heavy atom. The van der Waals surface area contributed by atoms with Crippen LogP contribution in [0.15, 0.2) is 23.0 Å². The van der Waals surface area contributed by atoms with Crippen molar-refractivity contribution < 1.29 is 4.39 Å². The first-order chi connectivity index (χ1) is 7.20. The molecule has 1 aromatic heterocycles. The van der Waals surface area contributed by atoms with Crippen molar-refractivity contribution in [2.24, 2.45) is 0 Å². The van der Waals surface area contributed by atoms with E-state index in [9.17, 15) is 9.18 Å². The minimum atomic E-state index is -0.562. The molecule has 0 saturated heterocycles. The molecule has 15 heavy (non-hydrogen) atoms. The SMILES string of the molecule is Cc1ccc2nc(CCF)c(=O)[nH]c2c1. The average Bonchev–Trinajstić information content (AvgIpc) is 2.20. The molecular formula is C11H11FN2O. The van der Waals surface area contributed by atoms with Crippen molar-refractivity contribution in [2.45, 2.75) is 13.3 Å². The summed E-state index contributed by atoms with van der Waals surface area (Å²) in [6, 6.07) is 5.58. The van der Waals surface area contributed by atoms with Gasteiger partial charge in [0.2, 0.25) is 0 Å². The Kier molecular flexibility index (Phi) is 2.49. The number of alkyl halides is 1. The van der Waals surface area contributed by atoms with E-state index >= 15 is 0 Å². The van der Waals surface area contributed by atoms with Gasteiger partial charge in [-0.05, 0) is 24.6 Å². The molecule has 0 radical (unpaired) electrons. The van der Waals surface area contributed by atoms with Crippen LogP contribution in [0.2, 0.25) is 0 Å². The molecule has 1 N–H and O–H groups in total. The first-order valence-corrected chi connectivity index (χ1v) is 4.76. The van der Waals surface area contributed by atoms with Gasteiger partial charge in [-0.1, -0.05) is 6.07 Å². The topological polar surface area (TPSA) is 45.8 Å². The standard InChI is InChI=1S/C11H11FN2O/c1-7-2-3-8-10(6-7)14-11(15)9(13-8)4-5-12/h2-3,6H,4-5H2,1H3,(H,14,15). The Hall–Kier alpha value is -1.71. The Labute approximate surface area is 86.0 Å². The van der Waals surface area contributed by atoms with Crippen LogP contribution in [0.25, 0.3) is 11.0 Å². The molecule has 78 valence electrons. The summed E-state index contributed by atoms with van der Waals surface area (Å²) in [6.07, 6.45) is 0.0686. The molecule has 0 aliphatic heterocycles. The van der Waals surface area contributed by atoms with Gasteiger partial charge in [-0.15, -0.1) is 0 Å². The summed E-state index contributed by atoms with van der Waals surface area (Å²) >= 11 is 0. The lowest BCUT2D eigenvalue weighted by Gasteiger charge is -2.01. The third-order valence-corrected chi connectivity index (χ3v) is 2.25. The minimum Gasteiger partial charge on any atom is -0.319 e. The van der Waals surface area contributed by atoms with E-state index in [0.29, 0.717) is 11.0 Å². The van der Waals surface area contributed by atoms with Gasteiger partial charge < -0.3 is 4.98 Å². The lowest BCUT2D eigenvalue weighted by Crippen LogP contribution is -2.15. The number of halogens is 1. The van der Waals surface area contributed by atoms with E-state index in [2.05, 4.69) is 9.97 Å². The van der Waals surface area contributed by atoms with Crippen molar-refractivity contribution >= 4 is 11.0 Å². The van der Waals surface area contributed by atoms with Gasteiger partial charge in [0.25, 0.3) is 5.56 Å². The van der Waals surface area contributed by atoms with Gasteiger partial charge in [0.1, 0.15) is 5.69 Å². The predicted octanol–water partition coefficient (Wildman–Crippen LogP) is 1.74. The maximum Gasteiger partial charge on any atom is 0.270 e. The highest BCUT2D eigenvalue weighted by Crippen LogP contribution is 2.09. The van der Waals surface area contributed by atoms with Gasteiger partial charge in [0, 0.05) is 6.42 Å². The van der Waals surface area contributed by atoms with E-state index in [0.717, 1.165) is 5.56 Å². The fraction of sp³-hybridized carbons (Fsp3) is 0.273. The van der Waals surface area contributed by atoms with E-state index in [-0.39, 0.29) is 17.7 Å². The third-order valence-electron chi connectivity index (χ3n) is 2.25. The van der Waals surface area contributed by atoms with Gasteiger partial charge in [0.05, 0.1) is 17.7 Å². The number of aryl methyl sites for hydroxylation is 2. The van der Waals surface area contributed by atoms with Crippen LogP contribution in [0, 0.1) is 6.92 Å². The molecule has 0 bridgehead atoms. The summed E-state index contributed by atoms with van der Waals surface area (Å²) in [7, 11) is 0. The van der Waals surface area contributed by atoms with E-state index in [4.69, 9.17) is 0 Å². The summed E-state index contributed by atoms with van der Waals surface area (Å²) in [5.74, 6) is 0. The van der Waals surface area contributed by atoms with E-state index in [1.54, 1.807) is 0 Å². The summed E-state index contributed by atoms with van der Waals surface area (Å²) in [4.78, 5) is 18.3. The lowest BCUT2D eigenvalue weighted by molar-refractivity contribution is 0.491. The highest BCUT2D eigenvalue weighted by atomic mass is 19.1. The van der Waals surface area contributed by atoms with Crippen LogP contribution >= 0.6 is 0 Å². The maximum atomic E-state index is 12.1. The largest absolute Gasteiger partial charge is 0.319 e. The van der Waals surface area contributed by atoms with Crippen LogP contribution in [-0.4, -0.2) is 16.6 Å². The normalized spacial score (nSPS) is 10.8. The van der Waals surface area contributed by atoms with Gasteiger partial charge >= 0.3 is 0 Å². The summed E-state index contributed by atoms with van der Waals surface area (Å²) in [6.45, 7) is 1.38. The molecular weight excluding hydrogens is 195 g/mol. The molecule has 0 aliphatic rings. The molecule has 0 saturated carbocycles. The van der Waals surface area contributed by atoms with E-state index in [1.807, 2.05) is 25.1 Å². The number of fused-ring (bicyclic) bond motifs is 1. The molecule has 2 rings (SSSR count). The number of hydrogen-bond donors (Lipinski definition) is 1. The summed E-state index contributed by atoms with van der Waals surface area (Å²) in [5, 5.41) is 0. The molecule has 0 spiro atoms. The Bertz CT molecular complexity index is 548. The summed E-state index contributed by atoms with van der Waals surface area (Å²) < 4.78 is 12.1. The first-order valence-electron chi connectivity index (χ1n) is 4.76. The minimum absolute atomic E-state index is 0.0686. The lowest BCUT2D eigenvalue weighted by atomic mass is 10.2. The fourth-order valence-electron chi connectivity index (χ4n) is 1.50. The van der Waals surface area contributed by atoms with Crippen LogP contribution in [-0.2, 0) is 6.42 Å². The molecule has 2 aromatic rings. The second kappa shape index (κ2) is 3.81. The molecule has 0 amide bonds. The fourth-order valence-corrected chi connectivity index (χ4v) is 1.50. The first kappa shape index (κ1) is 9.83. The number of aromatic nitrogens is 2. The predicted molar refractivity (Wildman–Crippen MR) is 56.8 cm³/mol. The molecule has 0 unspecified atom stereocenters. The smallest absolute Gasteiger partial charge is 0.270 e. The van der Waals surface area contributed by atoms with Gasteiger partial charge in [0.15, 0.2) is 0 Å². The molecule has 0 atom stereocenters. The van der Waals surface area contributed by atoms with Crippen molar-refractivity contribution in [2.75, 3.05) is 6.67 Å². The second-order valence-corrected chi connectivity index (χ2v) is 3.47. The van der Waals surface area contributed by atoms with Crippen LogP contribution < -0.4 is 5.56 Å². The average molecular weight is 206 g/mol. The molecule has 3 nitrogen and oxygen atoms in total. The number of benzene rings is 1. The van der Waals surface area contributed by atoms with Gasteiger partial charge in [-0.3, -0.25) is 9.18 Å². The molecule has 4 heteroatoms. The zero-order valence-corrected chi connectivity index (χ0v) is 8.38. The van der Waals surface area contributed by atoms with Crippen molar-refractivity contribution in [1.82, 2.24) is 9.97 Å². The van der Waals surface area contributed by atoms with E-state index in [1.165, 1.54) is 0 Å². The summed E-state index contributed by atoms with van der Waals surface area (Å²) in [5.41, 5.74) is 2.41.